The molecule has 2 rings (SSSR count). The summed E-state index contributed by atoms with van der Waals surface area (Å²) in [5.74, 6) is 0.315. The molecule has 0 fully saturated rings. The number of hydrazine groups is 1. The molecule has 0 radical (unpaired) electrons. The lowest BCUT2D eigenvalue weighted by Crippen LogP contribution is -2.47. The number of hydrogen-bond acceptors (Lipinski definition) is 6. The van der Waals surface area contributed by atoms with Gasteiger partial charge in [0, 0.05) is 30.9 Å². The summed E-state index contributed by atoms with van der Waals surface area (Å²) in [4.78, 5) is 22.9. The minimum atomic E-state index is -0.229. The van der Waals surface area contributed by atoms with Crippen LogP contribution in [-0.4, -0.2) is 41.4 Å². The molecule has 0 atom stereocenters. The maximum atomic E-state index is 12.7. The minimum absolute atomic E-state index is 0.0636. The Labute approximate surface area is 160 Å². The fourth-order valence-electron chi connectivity index (χ4n) is 2.52. The summed E-state index contributed by atoms with van der Waals surface area (Å²) < 4.78 is 0. The van der Waals surface area contributed by atoms with Crippen molar-refractivity contribution in [1.82, 2.24) is 20.3 Å². The van der Waals surface area contributed by atoms with Gasteiger partial charge in [0.1, 0.15) is 6.07 Å². The van der Waals surface area contributed by atoms with Crippen molar-refractivity contribution in [2.45, 2.75) is 27.3 Å². The second kappa shape index (κ2) is 8.60. The zero-order chi connectivity index (χ0) is 20.0. The van der Waals surface area contributed by atoms with Gasteiger partial charge in [-0.05, 0) is 37.2 Å². The quantitative estimate of drug-likeness (QED) is 0.791. The van der Waals surface area contributed by atoms with E-state index in [1.165, 1.54) is 6.20 Å². The van der Waals surface area contributed by atoms with Crippen LogP contribution in [0.3, 0.4) is 0 Å². The molecule has 142 valence electrons. The van der Waals surface area contributed by atoms with Crippen molar-refractivity contribution < 1.29 is 4.79 Å². The summed E-state index contributed by atoms with van der Waals surface area (Å²) in [7, 11) is 4.00. The minimum Gasteiger partial charge on any atom is -0.305 e. The molecule has 1 aromatic carbocycles. The maximum Gasteiger partial charge on any atom is 0.269 e. The Morgan fingerprint density at radius 3 is 2.41 bits per heavy atom. The van der Waals surface area contributed by atoms with Crippen molar-refractivity contribution in [1.29, 1.82) is 5.26 Å². The molecule has 1 aromatic heterocycles. The topological polar surface area (TPSA) is 85.2 Å². The molecule has 0 unspecified atom stereocenters. The SMILES string of the molecule is CN(C)Cc1ccc(C(=O)NN(CC(C)(C)C)c2ccnc(C#N)n2)cc1. The van der Waals surface area contributed by atoms with Gasteiger partial charge in [0.25, 0.3) is 5.91 Å². The second-order valence-corrected chi connectivity index (χ2v) is 7.87. The Morgan fingerprint density at radius 1 is 1.19 bits per heavy atom. The number of carbonyl (C=O) groups is 1. The molecule has 1 amide bonds. The summed E-state index contributed by atoms with van der Waals surface area (Å²) in [5.41, 5.74) is 4.50. The van der Waals surface area contributed by atoms with Crippen LogP contribution in [0.1, 0.15) is 42.5 Å². The summed E-state index contributed by atoms with van der Waals surface area (Å²) in [6.07, 6.45) is 1.51. The standard InChI is InChI=1S/C20H26N6O/c1-20(2,3)14-26(18-10-11-22-17(12-21)23-18)24-19(27)16-8-6-15(7-9-16)13-25(4)5/h6-11H,13-14H2,1-5H3,(H,24,27). The first-order valence-corrected chi connectivity index (χ1v) is 8.73. The zero-order valence-electron chi connectivity index (χ0n) is 16.5. The first-order chi connectivity index (χ1) is 12.7. The number of amides is 1. The summed E-state index contributed by atoms with van der Waals surface area (Å²) in [6, 6.07) is 11.1. The van der Waals surface area contributed by atoms with Gasteiger partial charge in [0.2, 0.25) is 5.82 Å². The third-order valence-electron chi connectivity index (χ3n) is 3.60. The molecule has 0 saturated carbocycles. The van der Waals surface area contributed by atoms with Crippen LogP contribution in [0.2, 0.25) is 0 Å². The van der Waals surface area contributed by atoms with E-state index in [0.29, 0.717) is 17.9 Å². The molecule has 0 saturated heterocycles. The predicted octanol–water partition coefficient (Wildman–Crippen LogP) is 2.61. The number of benzene rings is 1. The van der Waals surface area contributed by atoms with Crippen LogP contribution in [0, 0.1) is 16.7 Å². The molecule has 7 heteroatoms. The zero-order valence-corrected chi connectivity index (χ0v) is 16.5. The molecule has 0 spiro atoms. The third kappa shape index (κ3) is 6.35. The molecule has 1 heterocycles. The van der Waals surface area contributed by atoms with Crippen LogP contribution in [-0.2, 0) is 6.54 Å². The summed E-state index contributed by atoms with van der Waals surface area (Å²) >= 11 is 0. The monoisotopic (exact) mass is 366 g/mol. The van der Waals surface area contributed by atoms with Crippen molar-refractivity contribution >= 4 is 11.7 Å². The van der Waals surface area contributed by atoms with Gasteiger partial charge < -0.3 is 4.90 Å². The summed E-state index contributed by atoms with van der Waals surface area (Å²) in [6.45, 7) is 7.53. The molecule has 7 nitrogen and oxygen atoms in total. The number of carbonyl (C=O) groups excluding carboxylic acids is 1. The molecular weight excluding hydrogens is 340 g/mol. The lowest BCUT2D eigenvalue weighted by molar-refractivity contribution is 0.0945. The molecule has 0 aliphatic carbocycles. The largest absolute Gasteiger partial charge is 0.305 e. The van der Waals surface area contributed by atoms with Gasteiger partial charge in [-0.25, -0.2) is 4.98 Å². The van der Waals surface area contributed by atoms with E-state index < -0.39 is 0 Å². The van der Waals surface area contributed by atoms with E-state index in [1.54, 1.807) is 11.1 Å². The molecule has 2 aromatic rings. The van der Waals surface area contributed by atoms with Crippen LogP contribution in [0.4, 0.5) is 5.82 Å². The molecule has 0 aliphatic heterocycles. The van der Waals surface area contributed by atoms with E-state index >= 15 is 0 Å². The molecule has 0 aliphatic rings. The van der Waals surface area contributed by atoms with E-state index in [4.69, 9.17) is 5.26 Å². The molecule has 0 bridgehead atoms. The number of nitrogens with one attached hydrogen (secondary N) is 1. The molecule has 1 N–H and O–H groups in total. The fraction of sp³-hybridized carbons (Fsp3) is 0.400. The molecule has 27 heavy (non-hydrogen) atoms. The van der Waals surface area contributed by atoms with Crippen molar-refractivity contribution in [2.75, 3.05) is 25.6 Å². The van der Waals surface area contributed by atoms with E-state index in [-0.39, 0.29) is 17.1 Å². The highest BCUT2D eigenvalue weighted by Crippen LogP contribution is 2.19. The predicted molar refractivity (Wildman–Crippen MR) is 105 cm³/mol. The van der Waals surface area contributed by atoms with Crippen LogP contribution in [0.15, 0.2) is 36.5 Å². The van der Waals surface area contributed by atoms with Crippen molar-refractivity contribution in [3.05, 3.63) is 53.5 Å². The van der Waals surface area contributed by atoms with Crippen LogP contribution in [0.5, 0.6) is 0 Å². The number of anilines is 1. The summed E-state index contributed by atoms with van der Waals surface area (Å²) in [5, 5.41) is 10.7. The second-order valence-electron chi connectivity index (χ2n) is 7.87. The highest BCUT2D eigenvalue weighted by Gasteiger charge is 2.21. The third-order valence-corrected chi connectivity index (χ3v) is 3.60. The molecular formula is C20H26N6O. The maximum absolute atomic E-state index is 12.7. The first-order valence-electron chi connectivity index (χ1n) is 8.73. The van der Waals surface area contributed by atoms with Crippen LogP contribution in [0.25, 0.3) is 0 Å². The van der Waals surface area contributed by atoms with Gasteiger partial charge in [-0.1, -0.05) is 32.9 Å². The smallest absolute Gasteiger partial charge is 0.269 e. The van der Waals surface area contributed by atoms with Crippen molar-refractivity contribution in [2.24, 2.45) is 5.41 Å². The highest BCUT2D eigenvalue weighted by molar-refractivity contribution is 5.95. The Morgan fingerprint density at radius 2 is 1.85 bits per heavy atom. The number of nitrogens with zero attached hydrogens (tertiary/aromatic N) is 5. The van der Waals surface area contributed by atoms with Gasteiger partial charge in [-0.15, -0.1) is 0 Å². The number of rotatable bonds is 6. The van der Waals surface area contributed by atoms with Crippen LogP contribution < -0.4 is 10.4 Å². The van der Waals surface area contributed by atoms with Gasteiger partial charge in [0.15, 0.2) is 5.82 Å². The average Bonchev–Trinajstić information content (AvgIpc) is 2.60. The number of hydrogen-bond donors (Lipinski definition) is 1. The lowest BCUT2D eigenvalue weighted by Gasteiger charge is -2.30. The van der Waals surface area contributed by atoms with E-state index in [1.807, 2.05) is 44.4 Å². The average molecular weight is 366 g/mol. The van der Waals surface area contributed by atoms with E-state index in [2.05, 4.69) is 41.1 Å². The van der Waals surface area contributed by atoms with E-state index in [0.717, 1.165) is 12.1 Å². The van der Waals surface area contributed by atoms with Crippen molar-refractivity contribution in [3.63, 3.8) is 0 Å². The van der Waals surface area contributed by atoms with Crippen molar-refractivity contribution in [3.8, 4) is 6.07 Å². The lowest BCUT2D eigenvalue weighted by atomic mass is 9.97. The number of aromatic nitrogens is 2. The Kier molecular flexibility index (Phi) is 6.48. The van der Waals surface area contributed by atoms with Gasteiger partial charge in [0.05, 0.1) is 0 Å². The highest BCUT2D eigenvalue weighted by atomic mass is 16.2. The normalized spacial score (nSPS) is 11.1. The van der Waals surface area contributed by atoms with E-state index in [9.17, 15) is 4.79 Å². The Bertz CT molecular complexity index is 818. The Balaban J connectivity index is 2.21. The van der Waals surface area contributed by atoms with Crippen LogP contribution >= 0.6 is 0 Å². The first kappa shape index (κ1) is 20.3. The Hall–Kier alpha value is -2.98. The number of nitriles is 1. The van der Waals surface area contributed by atoms with Gasteiger partial charge in [-0.3, -0.25) is 15.2 Å². The van der Waals surface area contributed by atoms with Gasteiger partial charge >= 0.3 is 0 Å². The fourth-order valence-corrected chi connectivity index (χ4v) is 2.52. The van der Waals surface area contributed by atoms with Gasteiger partial charge in [-0.2, -0.15) is 10.2 Å².